The van der Waals surface area contributed by atoms with Gasteiger partial charge in [-0.2, -0.15) is 5.10 Å². The molecular formula is C18H17N3O. The summed E-state index contributed by atoms with van der Waals surface area (Å²) >= 11 is 0. The number of rotatable bonds is 5. The maximum Gasteiger partial charge on any atom is 0.106 e. The summed E-state index contributed by atoms with van der Waals surface area (Å²) in [5.41, 5.74) is 4.10. The van der Waals surface area contributed by atoms with Gasteiger partial charge >= 0.3 is 0 Å². The van der Waals surface area contributed by atoms with Crippen molar-refractivity contribution < 1.29 is 4.84 Å². The summed E-state index contributed by atoms with van der Waals surface area (Å²) < 4.78 is 1.93. The number of oxime groups is 1. The summed E-state index contributed by atoms with van der Waals surface area (Å²) in [7, 11) is 1.53. The third-order valence-electron chi connectivity index (χ3n) is 3.32. The molecule has 0 saturated carbocycles. The summed E-state index contributed by atoms with van der Waals surface area (Å²) in [5.74, 6) is 0. The van der Waals surface area contributed by atoms with Gasteiger partial charge in [0, 0.05) is 17.3 Å². The van der Waals surface area contributed by atoms with Crippen LogP contribution in [0.1, 0.15) is 11.1 Å². The molecule has 110 valence electrons. The van der Waals surface area contributed by atoms with Gasteiger partial charge in [0.2, 0.25) is 0 Å². The maximum atomic E-state index is 4.80. The van der Waals surface area contributed by atoms with Gasteiger partial charge in [-0.3, -0.25) is 4.68 Å². The van der Waals surface area contributed by atoms with Crippen LogP contribution >= 0.6 is 0 Å². The zero-order valence-electron chi connectivity index (χ0n) is 12.4. The highest BCUT2D eigenvalue weighted by molar-refractivity contribution is 5.88. The second-order valence-corrected chi connectivity index (χ2v) is 4.90. The lowest BCUT2D eigenvalue weighted by molar-refractivity contribution is 0.215. The van der Waals surface area contributed by atoms with Gasteiger partial charge < -0.3 is 4.84 Å². The summed E-state index contributed by atoms with van der Waals surface area (Å²) in [6.45, 7) is 0.724. The molecule has 2 aromatic carbocycles. The molecule has 1 heterocycles. The molecule has 0 radical (unpaired) electrons. The van der Waals surface area contributed by atoms with Crippen LogP contribution in [0.5, 0.6) is 0 Å². The van der Waals surface area contributed by atoms with Crippen LogP contribution in [0.15, 0.2) is 72.0 Å². The van der Waals surface area contributed by atoms with E-state index in [1.807, 2.05) is 59.4 Å². The van der Waals surface area contributed by atoms with Crippen LogP contribution in [0.3, 0.4) is 0 Å². The monoisotopic (exact) mass is 291 g/mol. The highest BCUT2D eigenvalue weighted by Gasteiger charge is 2.10. The van der Waals surface area contributed by atoms with Crippen LogP contribution < -0.4 is 0 Å². The van der Waals surface area contributed by atoms with Crippen LogP contribution in [-0.4, -0.2) is 23.1 Å². The smallest absolute Gasteiger partial charge is 0.106 e. The van der Waals surface area contributed by atoms with Crippen LogP contribution in [-0.2, 0) is 11.4 Å². The Morgan fingerprint density at radius 2 is 1.73 bits per heavy atom. The van der Waals surface area contributed by atoms with E-state index in [-0.39, 0.29) is 0 Å². The van der Waals surface area contributed by atoms with Crippen molar-refractivity contribution in [2.75, 3.05) is 7.11 Å². The van der Waals surface area contributed by atoms with E-state index >= 15 is 0 Å². The fraction of sp³-hybridized carbons (Fsp3) is 0.111. The first kappa shape index (κ1) is 14.1. The molecule has 0 spiro atoms. The molecule has 0 N–H and O–H groups in total. The summed E-state index contributed by atoms with van der Waals surface area (Å²) in [5, 5.41) is 8.57. The Labute approximate surface area is 129 Å². The number of hydrogen-bond acceptors (Lipinski definition) is 3. The van der Waals surface area contributed by atoms with Crippen molar-refractivity contribution in [3.05, 3.63) is 78.0 Å². The van der Waals surface area contributed by atoms with Crippen LogP contribution in [0, 0.1) is 0 Å². The molecule has 22 heavy (non-hydrogen) atoms. The lowest BCUT2D eigenvalue weighted by Crippen LogP contribution is -1.99. The van der Waals surface area contributed by atoms with E-state index in [9.17, 15) is 0 Å². The van der Waals surface area contributed by atoms with E-state index in [4.69, 9.17) is 9.94 Å². The molecule has 0 fully saturated rings. The van der Waals surface area contributed by atoms with Gasteiger partial charge in [-0.1, -0.05) is 65.8 Å². The second kappa shape index (κ2) is 6.72. The normalized spacial score (nSPS) is 11.0. The first-order chi connectivity index (χ1) is 10.9. The minimum absolute atomic E-state index is 0.724. The van der Waals surface area contributed by atoms with Crippen molar-refractivity contribution in [1.82, 2.24) is 9.78 Å². The minimum Gasteiger partial charge on any atom is -0.399 e. The summed E-state index contributed by atoms with van der Waals surface area (Å²) in [6, 6.07) is 20.3. The fourth-order valence-electron chi connectivity index (χ4n) is 2.31. The standard InChI is InChI=1S/C18H17N3O/c1-22-19-12-17-14-21(13-15-8-4-2-5-9-15)20-18(17)16-10-6-3-7-11-16/h2-12,14H,13H2,1H3/b19-12-. The number of benzene rings is 2. The molecule has 0 aliphatic carbocycles. The third-order valence-corrected chi connectivity index (χ3v) is 3.32. The van der Waals surface area contributed by atoms with E-state index in [2.05, 4.69) is 17.3 Å². The van der Waals surface area contributed by atoms with Gasteiger partial charge in [-0.25, -0.2) is 0 Å². The molecule has 0 atom stereocenters. The Morgan fingerprint density at radius 3 is 2.41 bits per heavy atom. The Morgan fingerprint density at radius 1 is 1.05 bits per heavy atom. The van der Waals surface area contributed by atoms with Gasteiger partial charge in [0.05, 0.1) is 12.8 Å². The van der Waals surface area contributed by atoms with E-state index in [1.165, 1.54) is 12.7 Å². The van der Waals surface area contributed by atoms with Crippen LogP contribution in [0.4, 0.5) is 0 Å². The molecule has 0 amide bonds. The average Bonchev–Trinajstić information content (AvgIpc) is 2.97. The largest absolute Gasteiger partial charge is 0.399 e. The molecule has 1 aromatic heterocycles. The molecule has 3 aromatic rings. The topological polar surface area (TPSA) is 39.4 Å². The molecule has 4 heteroatoms. The average molecular weight is 291 g/mol. The van der Waals surface area contributed by atoms with Crippen LogP contribution in [0.2, 0.25) is 0 Å². The van der Waals surface area contributed by atoms with Gasteiger partial charge in [-0.05, 0) is 5.56 Å². The lowest BCUT2D eigenvalue weighted by atomic mass is 10.1. The zero-order valence-corrected chi connectivity index (χ0v) is 12.4. The van der Waals surface area contributed by atoms with Crippen molar-refractivity contribution in [2.24, 2.45) is 5.16 Å². The SMILES string of the molecule is CO/N=C\c1cn(Cc2ccccc2)nc1-c1ccccc1. The minimum atomic E-state index is 0.724. The fourth-order valence-corrected chi connectivity index (χ4v) is 2.31. The molecule has 0 bridgehead atoms. The zero-order chi connectivity index (χ0) is 15.2. The number of hydrogen-bond donors (Lipinski definition) is 0. The molecule has 0 saturated heterocycles. The van der Waals surface area contributed by atoms with E-state index in [0.29, 0.717) is 0 Å². The molecule has 0 aliphatic heterocycles. The maximum absolute atomic E-state index is 4.80. The highest BCUT2D eigenvalue weighted by atomic mass is 16.6. The first-order valence-corrected chi connectivity index (χ1v) is 7.10. The van der Waals surface area contributed by atoms with Gasteiger partial charge in [-0.15, -0.1) is 0 Å². The number of aromatic nitrogens is 2. The molecular weight excluding hydrogens is 274 g/mol. The van der Waals surface area contributed by atoms with Crippen molar-refractivity contribution in [3.8, 4) is 11.3 Å². The van der Waals surface area contributed by atoms with E-state index in [1.54, 1.807) is 6.21 Å². The van der Waals surface area contributed by atoms with Crippen LogP contribution in [0.25, 0.3) is 11.3 Å². The molecule has 0 unspecified atom stereocenters. The Bertz CT molecular complexity index is 749. The molecule has 3 rings (SSSR count). The summed E-state index contributed by atoms with van der Waals surface area (Å²) in [6.07, 6.45) is 3.68. The predicted octanol–water partition coefficient (Wildman–Crippen LogP) is 3.58. The van der Waals surface area contributed by atoms with Gasteiger partial charge in [0.1, 0.15) is 12.8 Å². The summed E-state index contributed by atoms with van der Waals surface area (Å²) in [4.78, 5) is 4.80. The van der Waals surface area contributed by atoms with Crippen molar-refractivity contribution in [2.45, 2.75) is 6.54 Å². The van der Waals surface area contributed by atoms with E-state index in [0.717, 1.165) is 23.4 Å². The Balaban J connectivity index is 1.96. The molecule has 4 nitrogen and oxygen atoms in total. The quantitative estimate of drug-likeness (QED) is 0.532. The van der Waals surface area contributed by atoms with Gasteiger partial charge in [0.25, 0.3) is 0 Å². The van der Waals surface area contributed by atoms with Crippen molar-refractivity contribution in [1.29, 1.82) is 0 Å². The Hall–Kier alpha value is -2.88. The lowest BCUT2D eigenvalue weighted by Gasteiger charge is -2.01. The first-order valence-electron chi connectivity index (χ1n) is 7.10. The van der Waals surface area contributed by atoms with E-state index < -0.39 is 0 Å². The third kappa shape index (κ3) is 3.23. The molecule has 0 aliphatic rings. The van der Waals surface area contributed by atoms with Gasteiger partial charge in [0.15, 0.2) is 0 Å². The van der Waals surface area contributed by atoms with Crippen molar-refractivity contribution in [3.63, 3.8) is 0 Å². The number of nitrogens with zero attached hydrogens (tertiary/aromatic N) is 3. The predicted molar refractivity (Wildman–Crippen MR) is 87.8 cm³/mol. The second-order valence-electron chi connectivity index (χ2n) is 4.90. The Kier molecular flexibility index (Phi) is 4.30. The highest BCUT2D eigenvalue weighted by Crippen LogP contribution is 2.21. The van der Waals surface area contributed by atoms with Crippen molar-refractivity contribution >= 4 is 6.21 Å².